The van der Waals surface area contributed by atoms with Crippen LogP contribution < -0.4 is 5.32 Å². The largest absolute Gasteiger partial charge is 0.478 e. The summed E-state index contributed by atoms with van der Waals surface area (Å²) in [6, 6.07) is 0.208. The van der Waals surface area contributed by atoms with E-state index in [1.165, 1.54) is 0 Å². The molecule has 1 unspecified atom stereocenters. The highest BCUT2D eigenvalue weighted by atomic mass is 16.4. The van der Waals surface area contributed by atoms with Crippen LogP contribution in [-0.2, 0) is 4.79 Å². The second-order valence-electron chi connectivity index (χ2n) is 2.49. The summed E-state index contributed by atoms with van der Waals surface area (Å²) in [6.45, 7) is 2.72. The Labute approximate surface area is 59.7 Å². The first-order chi connectivity index (χ1) is 4.70. The van der Waals surface area contributed by atoms with Crippen molar-refractivity contribution in [3.8, 4) is 0 Å². The lowest BCUT2D eigenvalue weighted by atomic mass is 10.1. The lowest BCUT2D eigenvalue weighted by molar-refractivity contribution is -0.132. The lowest BCUT2D eigenvalue weighted by Gasteiger charge is -2.16. The predicted molar refractivity (Wildman–Crippen MR) is 37.8 cm³/mol. The third kappa shape index (κ3) is 1.57. The first-order valence-corrected chi connectivity index (χ1v) is 3.37. The van der Waals surface area contributed by atoms with Gasteiger partial charge in [0.1, 0.15) is 0 Å². The summed E-state index contributed by atoms with van der Waals surface area (Å²) in [5, 5.41) is 11.7. The van der Waals surface area contributed by atoms with Gasteiger partial charge in [-0.3, -0.25) is 0 Å². The minimum atomic E-state index is -0.784. The fraction of sp³-hybridized carbons (Fsp3) is 0.571. The molecule has 10 heavy (non-hydrogen) atoms. The van der Waals surface area contributed by atoms with E-state index in [1.807, 2.05) is 6.92 Å². The number of hydrogen-bond acceptors (Lipinski definition) is 2. The summed E-state index contributed by atoms with van der Waals surface area (Å²) < 4.78 is 0. The molecule has 0 fully saturated rings. The number of carboxylic acids is 1. The van der Waals surface area contributed by atoms with E-state index < -0.39 is 5.97 Å². The average Bonchev–Trinajstić information content (AvgIpc) is 1.88. The van der Waals surface area contributed by atoms with Gasteiger partial charge in [0.2, 0.25) is 0 Å². The standard InChI is InChI=1S/C7H11NO2/c1-5-4-6(7(9)10)2-3-8-5/h4-5,8H,2-3H2,1H3,(H,9,10). The van der Waals surface area contributed by atoms with E-state index in [0.717, 1.165) is 6.54 Å². The molecular formula is C7H11NO2. The van der Waals surface area contributed by atoms with E-state index in [4.69, 9.17) is 5.11 Å². The van der Waals surface area contributed by atoms with Crippen LogP contribution in [0.25, 0.3) is 0 Å². The van der Waals surface area contributed by atoms with E-state index in [-0.39, 0.29) is 6.04 Å². The van der Waals surface area contributed by atoms with Gasteiger partial charge in [-0.05, 0) is 19.9 Å². The van der Waals surface area contributed by atoms with Gasteiger partial charge in [-0.15, -0.1) is 0 Å². The second-order valence-corrected chi connectivity index (χ2v) is 2.49. The molecule has 0 aromatic rings. The summed E-state index contributed by atoms with van der Waals surface area (Å²) in [5.41, 5.74) is 0.534. The van der Waals surface area contributed by atoms with Crippen molar-refractivity contribution in [2.45, 2.75) is 19.4 Å². The zero-order valence-electron chi connectivity index (χ0n) is 5.92. The summed E-state index contributed by atoms with van der Waals surface area (Å²) >= 11 is 0. The number of aliphatic carboxylic acids is 1. The van der Waals surface area contributed by atoms with Crippen LogP contribution in [0.2, 0.25) is 0 Å². The smallest absolute Gasteiger partial charge is 0.331 e. The number of hydrogen-bond donors (Lipinski definition) is 2. The molecule has 3 nitrogen and oxygen atoms in total. The molecular weight excluding hydrogens is 130 g/mol. The molecule has 1 aliphatic rings. The zero-order chi connectivity index (χ0) is 7.56. The normalized spacial score (nSPS) is 25.7. The molecule has 0 amide bonds. The number of carbonyl (C=O) groups is 1. The van der Waals surface area contributed by atoms with E-state index in [0.29, 0.717) is 12.0 Å². The minimum Gasteiger partial charge on any atom is -0.478 e. The molecule has 56 valence electrons. The van der Waals surface area contributed by atoms with Gasteiger partial charge in [0.15, 0.2) is 0 Å². The van der Waals surface area contributed by atoms with E-state index in [9.17, 15) is 4.79 Å². The van der Waals surface area contributed by atoms with E-state index in [1.54, 1.807) is 6.08 Å². The van der Waals surface area contributed by atoms with Crippen molar-refractivity contribution in [3.63, 3.8) is 0 Å². The second kappa shape index (κ2) is 2.84. The van der Waals surface area contributed by atoms with Gasteiger partial charge in [0.25, 0.3) is 0 Å². The molecule has 2 N–H and O–H groups in total. The van der Waals surface area contributed by atoms with E-state index in [2.05, 4.69) is 5.32 Å². The Kier molecular flexibility index (Phi) is 2.06. The Balaban J connectivity index is 2.66. The van der Waals surface area contributed by atoms with Crippen LogP contribution in [0.5, 0.6) is 0 Å². The summed E-state index contributed by atoms with van der Waals surface area (Å²) in [5.74, 6) is -0.784. The highest BCUT2D eigenvalue weighted by Gasteiger charge is 2.13. The van der Waals surface area contributed by atoms with E-state index >= 15 is 0 Å². The van der Waals surface area contributed by atoms with Crippen LogP contribution in [0.4, 0.5) is 0 Å². The van der Waals surface area contributed by atoms with Crippen molar-refractivity contribution in [1.82, 2.24) is 5.32 Å². The molecule has 0 radical (unpaired) electrons. The van der Waals surface area contributed by atoms with Crippen molar-refractivity contribution >= 4 is 5.97 Å². The summed E-state index contributed by atoms with van der Waals surface area (Å²) in [7, 11) is 0. The average molecular weight is 141 g/mol. The molecule has 1 rings (SSSR count). The molecule has 0 saturated heterocycles. The first kappa shape index (κ1) is 7.28. The molecule has 0 aliphatic carbocycles. The van der Waals surface area contributed by atoms with Gasteiger partial charge >= 0.3 is 5.97 Å². The SMILES string of the molecule is CC1C=C(C(=O)O)CCN1. The Morgan fingerprint density at radius 1 is 1.90 bits per heavy atom. The maximum absolute atomic E-state index is 10.4. The van der Waals surface area contributed by atoms with Crippen LogP contribution in [0.1, 0.15) is 13.3 Å². The zero-order valence-corrected chi connectivity index (χ0v) is 5.92. The Morgan fingerprint density at radius 3 is 3.00 bits per heavy atom. The van der Waals surface area contributed by atoms with Crippen molar-refractivity contribution < 1.29 is 9.90 Å². The van der Waals surface area contributed by atoms with Crippen molar-refractivity contribution in [2.75, 3.05) is 6.54 Å². The van der Waals surface area contributed by atoms with Crippen LogP contribution in [-0.4, -0.2) is 23.7 Å². The predicted octanol–water partition coefficient (Wildman–Crippen LogP) is 0.379. The van der Waals surface area contributed by atoms with Crippen LogP contribution in [0.3, 0.4) is 0 Å². The Bertz CT molecular complexity index is 174. The minimum absolute atomic E-state index is 0.208. The fourth-order valence-electron chi connectivity index (χ4n) is 1.06. The molecule has 1 heterocycles. The number of carboxylic acid groups (broad SMARTS) is 1. The topological polar surface area (TPSA) is 49.3 Å². The molecule has 0 aromatic carbocycles. The number of nitrogens with one attached hydrogen (secondary N) is 1. The molecule has 1 atom stereocenters. The molecule has 1 aliphatic heterocycles. The Morgan fingerprint density at radius 2 is 2.60 bits per heavy atom. The van der Waals surface area contributed by atoms with Crippen LogP contribution >= 0.6 is 0 Å². The summed E-state index contributed by atoms with van der Waals surface area (Å²) in [4.78, 5) is 10.4. The third-order valence-corrected chi connectivity index (χ3v) is 1.59. The van der Waals surface area contributed by atoms with Crippen molar-refractivity contribution in [2.24, 2.45) is 0 Å². The van der Waals surface area contributed by atoms with Crippen molar-refractivity contribution in [3.05, 3.63) is 11.6 Å². The molecule has 0 aromatic heterocycles. The molecule has 0 spiro atoms. The van der Waals surface area contributed by atoms with Gasteiger partial charge in [-0.2, -0.15) is 0 Å². The monoisotopic (exact) mass is 141 g/mol. The quantitative estimate of drug-likeness (QED) is 0.555. The molecule has 0 saturated carbocycles. The number of rotatable bonds is 1. The fourth-order valence-corrected chi connectivity index (χ4v) is 1.06. The first-order valence-electron chi connectivity index (χ1n) is 3.37. The highest BCUT2D eigenvalue weighted by molar-refractivity contribution is 5.86. The van der Waals surface area contributed by atoms with Crippen LogP contribution in [0.15, 0.2) is 11.6 Å². The van der Waals surface area contributed by atoms with Crippen molar-refractivity contribution in [1.29, 1.82) is 0 Å². The third-order valence-electron chi connectivity index (χ3n) is 1.59. The maximum Gasteiger partial charge on any atom is 0.331 e. The van der Waals surface area contributed by atoms with Gasteiger partial charge in [-0.1, -0.05) is 6.08 Å². The van der Waals surface area contributed by atoms with Crippen LogP contribution in [0, 0.1) is 0 Å². The summed E-state index contributed by atoms with van der Waals surface area (Å²) in [6.07, 6.45) is 2.39. The highest BCUT2D eigenvalue weighted by Crippen LogP contribution is 2.07. The molecule has 0 bridgehead atoms. The lowest BCUT2D eigenvalue weighted by Crippen LogP contribution is -2.31. The van der Waals surface area contributed by atoms with Gasteiger partial charge in [0, 0.05) is 11.6 Å². The Hall–Kier alpha value is -0.830. The van der Waals surface area contributed by atoms with Gasteiger partial charge < -0.3 is 10.4 Å². The molecule has 3 heteroatoms. The van der Waals surface area contributed by atoms with Gasteiger partial charge in [0.05, 0.1) is 0 Å². The van der Waals surface area contributed by atoms with Gasteiger partial charge in [-0.25, -0.2) is 4.79 Å². The maximum atomic E-state index is 10.4.